The number of rotatable bonds is 1. The summed E-state index contributed by atoms with van der Waals surface area (Å²) >= 11 is 0. The maximum atomic E-state index is 10.4. The summed E-state index contributed by atoms with van der Waals surface area (Å²) in [6.45, 7) is 4.39. The van der Waals surface area contributed by atoms with Crippen molar-refractivity contribution in [3.8, 4) is 5.75 Å². The van der Waals surface area contributed by atoms with E-state index in [1.54, 1.807) is 0 Å². The van der Waals surface area contributed by atoms with Crippen molar-refractivity contribution in [1.82, 2.24) is 0 Å². The molecule has 104 valence electrons. The molecular formula is C17H24O2. The second kappa shape index (κ2) is 5.16. The molecule has 0 radical (unpaired) electrons. The molecular weight excluding hydrogens is 236 g/mol. The van der Waals surface area contributed by atoms with Crippen LogP contribution in [0.5, 0.6) is 5.75 Å². The van der Waals surface area contributed by atoms with Gasteiger partial charge in [-0.25, -0.2) is 0 Å². The average Bonchev–Trinajstić information content (AvgIpc) is 2.39. The summed E-state index contributed by atoms with van der Waals surface area (Å²) in [5.74, 6) is 2.32. The number of aliphatic hydroxyl groups excluding tert-OH is 1. The van der Waals surface area contributed by atoms with E-state index in [2.05, 4.69) is 26.0 Å². The van der Waals surface area contributed by atoms with Crippen molar-refractivity contribution in [2.75, 3.05) is 0 Å². The minimum absolute atomic E-state index is 0.202. The van der Waals surface area contributed by atoms with E-state index >= 15 is 0 Å². The minimum Gasteiger partial charge on any atom is -0.490 e. The monoisotopic (exact) mass is 260 g/mol. The van der Waals surface area contributed by atoms with Crippen molar-refractivity contribution in [1.29, 1.82) is 0 Å². The van der Waals surface area contributed by atoms with E-state index in [-0.39, 0.29) is 12.2 Å². The summed E-state index contributed by atoms with van der Waals surface area (Å²) in [5.41, 5.74) is 2.16. The summed E-state index contributed by atoms with van der Waals surface area (Å²) in [6.07, 6.45) is 5.76. The van der Waals surface area contributed by atoms with Crippen molar-refractivity contribution < 1.29 is 9.84 Å². The van der Waals surface area contributed by atoms with Crippen molar-refractivity contribution in [2.45, 2.75) is 58.2 Å². The second-order valence-electron chi connectivity index (χ2n) is 6.48. The van der Waals surface area contributed by atoms with Crippen LogP contribution >= 0.6 is 0 Å². The van der Waals surface area contributed by atoms with Gasteiger partial charge in [-0.2, -0.15) is 0 Å². The lowest BCUT2D eigenvalue weighted by Crippen LogP contribution is -2.35. The van der Waals surface area contributed by atoms with E-state index in [1.807, 2.05) is 6.07 Å². The Labute approximate surface area is 115 Å². The van der Waals surface area contributed by atoms with Crippen molar-refractivity contribution >= 4 is 0 Å². The maximum absolute atomic E-state index is 10.4. The second-order valence-corrected chi connectivity index (χ2v) is 6.48. The van der Waals surface area contributed by atoms with E-state index in [0.29, 0.717) is 5.92 Å². The SMILES string of the molecule is Cc1ccc2c(c1)C(O)CC(C1CCCC(C)C1)O2. The van der Waals surface area contributed by atoms with Crippen LogP contribution in [-0.4, -0.2) is 11.2 Å². The molecule has 1 saturated carbocycles. The van der Waals surface area contributed by atoms with Gasteiger partial charge in [0.2, 0.25) is 0 Å². The molecule has 2 heteroatoms. The quantitative estimate of drug-likeness (QED) is 0.827. The third-order valence-electron chi connectivity index (χ3n) is 4.76. The van der Waals surface area contributed by atoms with Gasteiger partial charge < -0.3 is 9.84 Å². The van der Waals surface area contributed by atoms with Crippen LogP contribution in [0.25, 0.3) is 0 Å². The van der Waals surface area contributed by atoms with E-state index in [1.165, 1.54) is 31.2 Å². The van der Waals surface area contributed by atoms with Crippen LogP contribution in [0.2, 0.25) is 0 Å². The van der Waals surface area contributed by atoms with E-state index < -0.39 is 0 Å². The molecule has 1 aliphatic heterocycles. The average molecular weight is 260 g/mol. The molecule has 4 unspecified atom stereocenters. The number of fused-ring (bicyclic) bond motifs is 1. The largest absolute Gasteiger partial charge is 0.490 e. The molecule has 1 heterocycles. The molecule has 2 nitrogen and oxygen atoms in total. The number of aliphatic hydroxyl groups is 1. The normalized spacial score (nSPS) is 34.5. The van der Waals surface area contributed by atoms with Gasteiger partial charge in [0.05, 0.1) is 6.10 Å². The Kier molecular flexibility index (Phi) is 3.53. The molecule has 1 N–H and O–H groups in total. The van der Waals surface area contributed by atoms with Gasteiger partial charge in [0.15, 0.2) is 0 Å². The summed E-state index contributed by atoms with van der Waals surface area (Å²) in [5, 5.41) is 10.4. The fraction of sp³-hybridized carbons (Fsp3) is 0.647. The fourth-order valence-electron chi connectivity index (χ4n) is 3.70. The van der Waals surface area contributed by atoms with Gasteiger partial charge in [0, 0.05) is 12.0 Å². The van der Waals surface area contributed by atoms with E-state index in [9.17, 15) is 5.11 Å². The first kappa shape index (κ1) is 13.0. The van der Waals surface area contributed by atoms with Crippen LogP contribution in [0, 0.1) is 18.8 Å². The molecule has 3 rings (SSSR count). The first-order valence-electron chi connectivity index (χ1n) is 7.58. The Morgan fingerprint density at radius 1 is 1.21 bits per heavy atom. The van der Waals surface area contributed by atoms with Gasteiger partial charge in [-0.05, 0) is 43.7 Å². The highest BCUT2D eigenvalue weighted by Crippen LogP contribution is 2.41. The van der Waals surface area contributed by atoms with Crippen LogP contribution in [0.4, 0.5) is 0 Å². The zero-order valence-electron chi connectivity index (χ0n) is 11.9. The summed E-state index contributed by atoms with van der Waals surface area (Å²) in [7, 11) is 0. The van der Waals surface area contributed by atoms with Gasteiger partial charge in [-0.15, -0.1) is 0 Å². The highest BCUT2D eigenvalue weighted by Gasteiger charge is 2.34. The van der Waals surface area contributed by atoms with Crippen LogP contribution in [0.3, 0.4) is 0 Å². The molecule has 0 saturated heterocycles. The number of benzene rings is 1. The van der Waals surface area contributed by atoms with Crippen LogP contribution in [-0.2, 0) is 0 Å². The predicted octanol–water partition coefficient (Wildman–Crippen LogP) is 4.01. The van der Waals surface area contributed by atoms with Crippen LogP contribution in [0.1, 0.15) is 56.3 Å². The van der Waals surface area contributed by atoms with E-state index in [4.69, 9.17) is 4.74 Å². The van der Waals surface area contributed by atoms with Crippen molar-refractivity contribution in [3.63, 3.8) is 0 Å². The van der Waals surface area contributed by atoms with Crippen molar-refractivity contribution in [2.24, 2.45) is 11.8 Å². The van der Waals surface area contributed by atoms with Crippen LogP contribution < -0.4 is 4.74 Å². The molecule has 0 bridgehead atoms. The summed E-state index contributed by atoms with van der Waals surface area (Å²) in [6, 6.07) is 6.14. The molecule has 0 aromatic heterocycles. The maximum Gasteiger partial charge on any atom is 0.125 e. The summed E-state index contributed by atoms with van der Waals surface area (Å²) < 4.78 is 6.19. The van der Waals surface area contributed by atoms with Gasteiger partial charge in [0.25, 0.3) is 0 Å². The summed E-state index contributed by atoms with van der Waals surface area (Å²) in [4.78, 5) is 0. The van der Waals surface area contributed by atoms with Crippen molar-refractivity contribution in [3.05, 3.63) is 29.3 Å². The first-order valence-corrected chi connectivity index (χ1v) is 7.58. The molecule has 1 fully saturated rings. The molecule has 1 aliphatic carbocycles. The Bertz CT molecular complexity index is 455. The Balaban J connectivity index is 1.79. The third kappa shape index (κ3) is 2.64. The highest BCUT2D eigenvalue weighted by atomic mass is 16.5. The number of aryl methyl sites for hydroxylation is 1. The lowest BCUT2D eigenvalue weighted by atomic mass is 9.77. The van der Waals surface area contributed by atoms with Gasteiger partial charge in [-0.3, -0.25) is 0 Å². The number of hydrogen-bond acceptors (Lipinski definition) is 2. The highest BCUT2D eigenvalue weighted by molar-refractivity contribution is 5.40. The fourth-order valence-corrected chi connectivity index (χ4v) is 3.70. The third-order valence-corrected chi connectivity index (χ3v) is 4.76. The molecule has 0 spiro atoms. The van der Waals surface area contributed by atoms with Gasteiger partial charge in [0.1, 0.15) is 11.9 Å². The standard InChI is InChI=1S/C17H24O2/c1-11-4-3-5-13(8-11)17-10-15(18)14-9-12(2)6-7-16(14)19-17/h6-7,9,11,13,15,17-18H,3-5,8,10H2,1-2H3. The molecule has 0 amide bonds. The molecule has 19 heavy (non-hydrogen) atoms. The van der Waals surface area contributed by atoms with Crippen LogP contribution in [0.15, 0.2) is 18.2 Å². The molecule has 2 aliphatic rings. The number of ether oxygens (including phenoxy) is 1. The number of hydrogen-bond donors (Lipinski definition) is 1. The predicted molar refractivity (Wildman–Crippen MR) is 76.3 cm³/mol. The Hall–Kier alpha value is -1.02. The molecule has 1 aromatic carbocycles. The zero-order chi connectivity index (χ0) is 13.4. The topological polar surface area (TPSA) is 29.5 Å². The smallest absolute Gasteiger partial charge is 0.125 e. The minimum atomic E-state index is -0.356. The molecule has 4 atom stereocenters. The Morgan fingerprint density at radius 3 is 2.84 bits per heavy atom. The molecule has 1 aromatic rings. The first-order chi connectivity index (χ1) is 9.13. The van der Waals surface area contributed by atoms with Gasteiger partial charge in [-0.1, -0.05) is 31.4 Å². The lowest BCUT2D eigenvalue weighted by Gasteiger charge is -2.38. The van der Waals surface area contributed by atoms with Gasteiger partial charge >= 0.3 is 0 Å². The zero-order valence-corrected chi connectivity index (χ0v) is 11.9. The Morgan fingerprint density at radius 2 is 2.05 bits per heavy atom. The van der Waals surface area contributed by atoms with E-state index in [0.717, 1.165) is 23.7 Å². The lowest BCUT2D eigenvalue weighted by molar-refractivity contribution is 0.0171.